The lowest BCUT2D eigenvalue weighted by Gasteiger charge is -2.13. The van der Waals surface area contributed by atoms with Gasteiger partial charge < -0.3 is 9.26 Å². The fourth-order valence-electron chi connectivity index (χ4n) is 2.90. The number of aryl methyl sites for hydroxylation is 1. The zero-order chi connectivity index (χ0) is 16.4. The minimum absolute atomic E-state index is 0.121. The van der Waals surface area contributed by atoms with Crippen LogP contribution in [0.3, 0.4) is 0 Å². The maximum Gasteiger partial charge on any atom is 0.346 e. The number of ether oxygens (including phenoxy) is 1. The molecule has 3 rings (SSSR count). The molecule has 0 aromatic carbocycles. The number of aromatic nitrogens is 5. The van der Waals surface area contributed by atoms with Crippen molar-refractivity contribution in [1.29, 1.82) is 0 Å². The highest BCUT2D eigenvalue weighted by molar-refractivity contribution is 4.99. The van der Waals surface area contributed by atoms with E-state index in [4.69, 9.17) is 9.26 Å². The first-order valence-electron chi connectivity index (χ1n) is 8.24. The van der Waals surface area contributed by atoms with Crippen LogP contribution < -0.4 is 5.69 Å². The molecular formula is C15H23N5O3. The standard InChI is InChI=1S/C15H23N5O3/c1-4-6-12-16-11(18-23-12)9-20-15(21)19(5-2)14(17-20)13-10(3)7-8-22-13/h10,13H,4-9H2,1-3H3/t10-,13+/m1/s1. The van der Waals surface area contributed by atoms with Gasteiger partial charge >= 0.3 is 5.69 Å². The molecule has 0 aliphatic carbocycles. The first-order chi connectivity index (χ1) is 11.1. The predicted molar refractivity (Wildman–Crippen MR) is 82.0 cm³/mol. The Kier molecular flexibility index (Phi) is 4.61. The molecule has 1 aliphatic rings. The van der Waals surface area contributed by atoms with Crippen molar-refractivity contribution in [2.45, 2.75) is 59.2 Å². The Morgan fingerprint density at radius 3 is 2.83 bits per heavy atom. The van der Waals surface area contributed by atoms with Crippen LogP contribution in [-0.2, 0) is 24.2 Å². The smallest absolute Gasteiger partial charge is 0.346 e. The zero-order valence-corrected chi connectivity index (χ0v) is 13.9. The van der Waals surface area contributed by atoms with Crippen molar-refractivity contribution >= 4 is 0 Å². The fraction of sp³-hybridized carbons (Fsp3) is 0.733. The first kappa shape index (κ1) is 15.9. The zero-order valence-electron chi connectivity index (χ0n) is 13.9. The second-order valence-electron chi connectivity index (χ2n) is 5.95. The maximum absolute atomic E-state index is 12.5. The Morgan fingerprint density at radius 1 is 1.35 bits per heavy atom. The number of hydrogen-bond acceptors (Lipinski definition) is 6. The number of hydrogen-bond donors (Lipinski definition) is 0. The van der Waals surface area contributed by atoms with Crippen LogP contribution in [0.15, 0.2) is 9.32 Å². The van der Waals surface area contributed by atoms with Gasteiger partial charge in [-0.1, -0.05) is 19.0 Å². The molecule has 0 N–H and O–H groups in total. The molecule has 2 atom stereocenters. The molecule has 2 aromatic rings. The molecule has 0 unspecified atom stereocenters. The number of nitrogens with zero attached hydrogens (tertiary/aromatic N) is 5. The highest BCUT2D eigenvalue weighted by atomic mass is 16.5. The summed E-state index contributed by atoms with van der Waals surface area (Å²) in [7, 11) is 0. The summed E-state index contributed by atoms with van der Waals surface area (Å²) >= 11 is 0. The highest BCUT2D eigenvalue weighted by Crippen LogP contribution is 2.32. The van der Waals surface area contributed by atoms with Crippen molar-refractivity contribution < 1.29 is 9.26 Å². The Bertz CT molecular complexity index is 717. The molecule has 8 nitrogen and oxygen atoms in total. The van der Waals surface area contributed by atoms with Gasteiger partial charge in [-0.25, -0.2) is 9.48 Å². The van der Waals surface area contributed by atoms with E-state index in [-0.39, 0.29) is 18.3 Å². The summed E-state index contributed by atoms with van der Waals surface area (Å²) in [5.41, 5.74) is -0.160. The van der Waals surface area contributed by atoms with E-state index in [1.165, 1.54) is 4.68 Å². The molecule has 2 aromatic heterocycles. The van der Waals surface area contributed by atoms with Crippen LogP contribution in [0, 0.1) is 5.92 Å². The molecule has 0 spiro atoms. The van der Waals surface area contributed by atoms with Crippen LogP contribution in [0.1, 0.15) is 57.3 Å². The SMILES string of the molecule is CCCc1nc(Cn2nc([C@H]3OCC[C@H]3C)n(CC)c2=O)no1. The van der Waals surface area contributed by atoms with Crippen LogP contribution in [0.4, 0.5) is 0 Å². The highest BCUT2D eigenvalue weighted by Gasteiger charge is 2.31. The van der Waals surface area contributed by atoms with E-state index < -0.39 is 0 Å². The van der Waals surface area contributed by atoms with Gasteiger partial charge in [0.05, 0.1) is 0 Å². The van der Waals surface area contributed by atoms with Crippen molar-refractivity contribution in [2.24, 2.45) is 5.92 Å². The largest absolute Gasteiger partial charge is 0.370 e. The van der Waals surface area contributed by atoms with E-state index in [2.05, 4.69) is 22.2 Å². The molecule has 126 valence electrons. The molecule has 0 radical (unpaired) electrons. The minimum Gasteiger partial charge on any atom is -0.370 e. The summed E-state index contributed by atoms with van der Waals surface area (Å²) < 4.78 is 14.0. The Hall–Kier alpha value is -1.96. The summed E-state index contributed by atoms with van der Waals surface area (Å²) in [5.74, 6) is 2.12. The van der Waals surface area contributed by atoms with Gasteiger partial charge in [-0.15, -0.1) is 0 Å². The van der Waals surface area contributed by atoms with E-state index in [9.17, 15) is 4.79 Å². The summed E-state index contributed by atoms with van der Waals surface area (Å²) in [6.45, 7) is 7.59. The number of rotatable bonds is 6. The van der Waals surface area contributed by atoms with Crippen LogP contribution >= 0.6 is 0 Å². The molecule has 3 heterocycles. The van der Waals surface area contributed by atoms with E-state index in [0.717, 1.165) is 19.3 Å². The lowest BCUT2D eigenvalue weighted by atomic mass is 10.0. The second-order valence-corrected chi connectivity index (χ2v) is 5.95. The lowest BCUT2D eigenvalue weighted by molar-refractivity contribution is 0.0836. The van der Waals surface area contributed by atoms with Gasteiger partial charge in [-0.3, -0.25) is 4.57 Å². The van der Waals surface area contributed by atoms with Crippen molar-refractivity contribution in [3.63, 3.8) is 0 Å². The van der Waals surface area contributed by atoms with E-state index >= 15 is 0 Å². The van der Waals surface area contributed by atoms with Crippen LogP contribution in [0.5, 0.6) is 0 Å². The van der Waals surface area contributed by atoms with Crippen molar-refractivity contribution in [3.8, 4) is 0 Å². The van der Waals surface area contributed by atoms with Gasteiger partial charge in [-0.05, 0) is 25.7 Å². The summed E-state index contributed by atoms with van der Waals surface area (Å²) in [4.78, 5) is 16.8. The Morgan fingerprint density at radius 2 is 2.17 bits per heavy atom. The normalized spacial score (nSPS) is 21.2. The van der Waals surface area contributed by atoms with Gasteiger partial charge in [0.25, 0.3) is 0 Å². The van der Waals surface area contributed by atoms with Gasteiger partial charge in [0.15, 0.2) is 11.6 Å². The molecule has 1 saturated heterocycles. The maximum atomic E-state index is 12.5. The van der Waals surface area contributed by atoms with Crippen LogP contribution in [0.2, 0.25) is 0 Å². The van der Waals surface area contributed by atoms with Gasteiger partial charge in [-0.2, -0.15) is 10.1 Å². The monoisotopic (exact) mass is 321 g/mol. The average Bonchev–Trinajstić information content (AvgIpc) is 3.21. The van der Waals surface area contributed by atoms with Gasteiger partial charge in [0.2, 0.25) is 5.89 Å². The molecular weight excluding hydrogens is 298 g/mol. The molecule has 1 fully saturated rings. The van der Waals surface area contributed by atoms with E-state index in [0.29, 0.717) is 36.6 Å². The van der Waals surface area contributed by atoms with Crippen LogP contribution in [0.25, 0.3) is 0 Å². The van der Waals surface area contributed by atoms with E-state index in [1.807, 2.05) is 13.8 Å². The van der Waals surface area contributed by atoms with Crippen LogP contribution in [-0.4, -0.2) is 31.1 Å². The van der Waals surface area contributed by atoms with Crippen molar-refractivity contribution in [2.75, 3.05) is 6.61 Å². The topological polar surface area (TPSA) is 88.0 Å². The van der Waals surface area contributed by atoms with Crippen molar-refractivity contribution in [1.82, 2.24) is 24.5 Å². The summed E-state index contributed by atoms with van der Waals surface area (Å²) in [6, 6.07) is 0. The molecule has 23 heavy (non-hydrogen) atoms. The molecule has 0 bridgehead atoms. The minimum atomic E-state index is -0.160. The van der Waals surface area contributed by atoms with Gasteiger partial charge in [0.1, 0.15) is 12.6 Å². The Labute approximate surface area is 134 Å². The Balaban J connectivity index is 1.87. The van der Waals surface area contributed by atoms with E-state index in [1.54, 1.807) is 4.57 Å². The molecule has 8 heteroatoms. The predicted octanol–water partition coefficient (Wildman–Crippen LogP) is 1.55. The fourth-order valence-corrected chi connectivity index (χ4v) is 2.90. The summed E-state index contributed by atoms with van der Waals surface area (Å²) in [6.07, 6.45) is 2.54. The van der Waals surface area contributed by atoms with Gasteiger partial charge in [0, 0.05) is 19.6 Å². The third-order valence-corrected chi connectivity index (χ3v) is 4.17. The quantitative estimate of drug-likeness (QED) is 0.802. The third kappa shape index (κ3) is 3.08. The third-order valence-electron chi connectivity index (χ3n) is 4.17. The van der Waals surface area contributed by atoms with Crippen molar-refractivity contribution in [3.05, 3.63) is 28.0 Å². The second kappa shape index (κ2) is 6.66. The first-order valence-corrected chi connectivity index (χ1v) is 8.24. The summed E-state index contributed by atoms with van der Waals surface area (Å²) in [5, 5.41) is 8.41. The lowest BCUT2D eigenvalue weighted by Crippen LogP contribution is -2.26. The molecule has 1 aliphatic heterocycles. The molecule has 0 saturated carbocycles. The average molecular weight is 321 g/mol. The molecule has 0 amide bonds.